The monoisotopic (exact) mass is 349 g/mol. The third-order valence-corrected chi connectivity index (χ3v) is 4.41. The maximum Gasteiger partial charge on any atom is 0.0532 e. The van der Waals surface area contributed by atoms with E-state index in [1.807, 2.05) is 26.2 Å². The number of allylic oxidation sites excluding steroid dienone is 4. The number of nitrogens with zero attached hydrogens (tertiary/aromatic N) is 1. The molecule has 4 heteroatoms. The maximum atomic E-state index is 6.17. The average molecular weight is 350 g/mol. The fraction of sp³-hybridized carbons (Fsp3) is 0.500. The Morgan fingerprint density at radius 1 is 1.50 bits per heavy atom. The molecule has 3 nitrogen and oxygen atoms in total. The van der Waals surface area contributed by atoms with Gasteiger partial charge in [-0.05, 0) is 38.5 Å². The van der Waals surface area contributed by atoms with Crippen LogP contribution in [0.5, 0.6) is 0 Å². The highest BCUT2D eigenvalue weighted by Gasteiger charge is 2.15. The minimum Gasteiger partial charge on any atom is -0.387 e. The Labute approximate surface area is 152 Å². The molecule has 0 saturated heterocycles. The van der Waals surface area contributed by atoms with Crippen LogP contribution in [0.1, 0.15) is 33.6 Å². The second-order valence-electron chi connectivity index (χ2n) is 6.22. The standard InChI is InChI=1S/C20H32ClN3/c1-7-9-19(22-5)18(16(4)21)13-23-12-17-11-15(3)20(10-8-2)24(6)14-17/h7,9,11,13,19,22-23H,4,8,10,12,14H2,1-3,5-6H3/b9-7-,18-13-. The summed E-state index contributed by atoms with van der Waals surface area (Å²) >= 11 is 6.17. The van der Waals surface area contributed by atoms with Crippen LogP contribution in [-0.4, -0.2) is 38.1 Å². The molecule has 1 unspecified atom stereocenters. The van der Waals surface area contributed by atoms with Crippen molar-refractivity contribution in [2.24, 2.45) is 0 Å². The van der Waals surface area contributed by atoms with Gasteiger partial charge in [0.05, 0.1) is 6.04 Å². The Bertz CT molecular complexity index is 555. The van der Waals surface area contributed by atoms with Crippen LogP contribution >= 0.6 is 11.6 Å². The van der Waals surface area contributed by atoms with E-state index in [9.17, 15) is 0 Å². The molecule has 24 heavy (non-hydrogen) atoms. The fourth-order valence-corrected chi connectivity index (χ4v) is 3.22. The number of halogens is 1. The SMILES string of the molecule is C=C(Cl)/C(=C/NCC1=CC(C)=C(CCC)N(C)C1)C(/C=C\C)NC. The highest BCUT2D eigenvalue weighted by Crippen LogP contribution is 2.23. The quantitative estimate of drug-likeness (QED) is 0.479. The average Bonchev–Trinajstić information content (AvgIpc) is 2.53. The summed E-state index contributed by atoms with van der Waals surface area (Å²) in [6, 6.07) is 0.0632. The molecule has 1 atom stereocenters. The van der Waals surface area contributed by atoms with Gasteiger partial charge < -0.3 is 15.5 Å². The predicted molar refractivity (Wildman–Crippen MR) is 107 cm³/mol. The molecule has 0 amide bonds. The molecule has 134 valence electrons. The molecule has 1 aliphatic rings. The van der Waals surface area contributed by atoms with Gasteiger partial charge >= 0.3 is 0 Å². The van der Waals surface area contributed by atoms with Gasteiger partial charge in [0.25, 0.3) is 0 Å². The summed E-state index contributed by atoms with van der Waals surface area (Å²) in [5.74, 6) is 0. The Morgan fingerprint density at radius 2 is 2.21 bits per heavy atom. The topological polar surface area (TPSA) is 27.3 Å². The normalized spacial score (nSPS) is 17.3. The molecule has 0 fully saturated rings. The zero-order valence-electron chi connectivity index (χ0n) is 15.7. The molecule has 0 aromatic rings. The Kier molecular flexibility index (Phi) is 8.94. The number of likely N-dealkylation sites (N-methyl/N-ethyl adjacent to an activating group) is 2. The molecular weight excluding hydrogens is 318 g/mol. The van der Waals surface area contributed by atoms with Crippen molar-refractivity contribution in [2.75, 3.05) is 27.2 Å². The molecule has 1 rings (SSSR count). The van der Waals surface area contributed by atoms with Crippen molar-refractivity contribution in [2.45, 2.75) is 39.7 Å². The van der Waals surface area contributed by atoms with Gasteiger partial charge in [-0.2, -0.15) is 0 Å². The molecule has 0 spiro atoms. The summed E-state index contributed by atoms with van der Waals surface area (Å²) < 4.78 is 0. The van der Waals surface area contributed by atoms with Gasteiger partial charge in [0, 0.05) is 42.6 Å². The zero-order chi connectivity index (χ0) is 18.1. The van der Waals surface area contributed by atoms with Crippen LogP contribution in [0, 0.1) is 0 Å². The smallest absolute Gasteiger partial charge is 0.0532 e. The van der Waals surface area contributed by atoms with Crippen molar-refractivity contribution in [3.05, 3.63) is 58.5 Å². The summed E-state index contributed by atoms with van der Waals surface area (Å²) in [5, 5.41) is 7.19. The van der Waals surface area contributed by atoms with Gasteiger partial charge in [-0.15, -0.1) is 0 Å². The van der Waals surface area contributed by atoms with Crippen LogP contribution in [0.15, 0.2) is 58.5 Å². The van der Waals surface area contributed by atoms with E-state index < -0.39 is 0 Å². The molecule has 2 N–H and O–H groups in total. The number of hydrogen-bond acceptors (Lipinski definition) is 3. The summed E-state index contributed by atoms with van der Waals surface area (Å²) in [6.45, 7) is 12.1. The first-order valence-electron chi connectivity index (χ1n) is 8.63. The van der Waals surface area contributed by atoms with E-state index in [-0.39, 0.29) is 6.04 Å². The molecule has 1 heterocycles. The third kappa shape index (κ3) is 5.88. The predicted octanol–water partition coefficient (Wildman–Crippen LogP) is 4.32. The highest BCUT2D eigenvalue weighted by atomic mass is 35.5. The van der Waals surface area contributed by atoms with Crippen LogP contribution in [0.2, 0.25) is 0 Å². The molecule has 1 aliphatic heterocycles. The van der Waals surface area contributed by atoms with Crippen LogP contribution in [0.4, 0.5) is 0 Å². The summed E-state index contributed by atoms with van der Waals surface area (Å²) in [5.41, 5.74) is 5.16. The van der Waals surface area contributed by atoms with Gasteiger partial charge in [-0.25, -0.2) is 0 Å². The van der Waals surface area contributed by atoms with Crippen molar-refractivity contribution in [1.29, 1.82) is 0 Å². The van der Waals surface area contributed by atoms with E-state index in [2.05, 4.69) is 55.2 Å². The lowest BCUT2D eigenvalue weighted by Gasteiger charge is -2.30. The first kappa shape index (κ1) is 20.6. The van der Waals surface area contributed by atoms with Crippen LogP contribution in [0.3, 0.4) is 0 Å². The van der Waals surface area contributed by atoms with E-state index in [0.29, 0.717) is 5.03 Å². The van der Waals surface area contributed by atoms with E-state index in [4.69, 9.17) is 11.6 Å². The Morgan fingerprint density at radius 3 is 2.71 bits per heavy atom. The van der Waals surface area contributed by atoms with Crippen molar-refractivity contribution in [1.82, 2.24) is 15.5 Å². The van der Waals surface area contributed by atoms with Gasteiger partial charge in [0.15, 0.2) is 0 Å². The van der Waals surface area contributed by atoms with Gasteiger partial charge in [-0.1, -0.05) is 49.8 Å². The molecule has 0 aromatic carbocycles. The van der Waals surface area contributed by atoms with Crippen molar-refractivity contribution in [3.8, 4) is 0 Å². The largest absolute Gasteiger partial charge is 0.387 e. The van der Waals surface area contributed by atoms with Crippen molar-refractivity contribution >= 4 is 11.6 Å². The zero-order valence-corrected chi connectivity index (χ0v) is 16.5. The lowest BCUT2D eigenvalue weighted by molar-refractivity contribution is 0.416. The van der Waals surface area contributed by atoms with E-state index in [0.717, 1.165) is 25.1 Å². The fourth-order valence-electron chi connectivity index (χ4n) is 3.04. The molecule has 0 saturated carbocycles. The van der Waals surface area contributed by atoms with E-state index >= 15 is 0 Å². The van der Waals surface area contributed by atoms with Crippen molar-refractivity contribution < 1.29 is 0 Å². The molecule has 0 bridgehead atoms. The second-order valence-corrected chi connectivity index (χ2v) is 6.67. The Balaban J connectivity index is 2.80. The van der Waals surface area contributed by atoms with E-state index in [1.165, 1.54) is 23.3 Å². The lowest BCUT2D eigenvalue weighted by Crippen LogP contribution is -2.30. The third-order valence-electron chi connectivity index (χ3n) is 4.19. The van der Waals surface area contributed by atoms with Crippen LogP contribution in [0.25, 0.3) is 0 Å². The summed E-state index contributed by atoms with van der Waals surface area (Å²) in [6.07, 6.45) is 10.7. The van der Waals surface area contributed by atoms with Crippen LogP contribution < -0.4 is 10.6 Å². The molecular formula is C20H32ClN3. The summed E-state index contributed by atoms with van der Waals surface area (Å²) in [4.78, 5) is 2.36. The lowest BCUT2D eigenvalue weighted by atomic mass is 10.0. The molecule has 0 aromatic heterocycles. The van der Waals surface area contributed by atoms with Crippen LogP contribution in [-0.2, 0) is 0 Å². The second kappa shape index (κ2) is 10.4. The maximum absolute atomic E-state index is 6.17. The first-order chi connectivity index (χ1) is 11.4. The minimum absolute atomic E-state index is 0.0632. The van der Waals surface area contributed by atoms with Gasteiger partial charge in [-0.3, -0.25) is 0 Å². The van der Waals surface area contributed by atoms with Gasteiger partial charge in [0.1, 0.15) is 0 Å². The van der Waals surface area contributed by atoms with Gasteiger partial charge in [0.2, 0.25) is 0 Å². The molecule has 0 aliphatic carbocycles. The first-order valence-corrected chi connectivity index (χ1v) is 9.00. The number of rotatable bonds is 9. The number of hydrogen-bond donors (Lipinski definition) is 2. The highest BCUT2D eigenvalue weighted by molar-refractivity contribution is 6.31. The van der Waals surface area contributed by atoms with E-state index in [1.54, 1.807) is 0 Å². The number of nitrogens with one attached hydrogen (secondary N) is 2. The Hall–Kier alpha value is -1.45. The summed E-state index contributed by atoms with van der Waals surface area (Å²) in [7, 11) is 4.09. The molecule has 0 radical (unpaired) electrons. The minimum atomic E-state index is 0.0632. The van der Waals surface area contributed by atoms with Crippen molar-refractivity contribution in [3.63, 3.8) is 0 Å².